The normalized spacial score (nSPS) is 16.0. The molecule has 1 aromatic heterocycles. The van der Waals surface area contributed by atoms with E-state index >= 15 is 0 Å². The standard InChI is InChI=1S/C14H21NO3S.CH2O/c1-10-8-12(13(19-10)14(16)17-3)18-9-11-4-6-15(2)7-5-11;1-2/h8,11H,4-7,9H2,1-3H3;1H2. The zero-order chi connectivity index (χ0) is 15.8. The van der Waals surface area contributed by atoms with Gasteiger partial charge in [0.25, 0.3) is 0 Å². The molecule has 0 amide bonds. The average Bonchev–Trinajstić information content (AvgIpc) is 2.89. The third kappa shape index (κ3) is 5.13. The van der Waals surface area contributed by atoms with Crippen LogP contribution in [0.15, 0.2) is 6.07 Å². The van der Waals surface area contributed by atoms with Crippen molar-refractivity contribution in [3.8, 4) is 5.75 Å². The molecule has 118 valence electrons. The van der Waals surface area contributed by atoms with Gasteiger partial charge in [-0.3, -0.25) is 0 Å². The van der Waals surface area contributed by atoms with Crippen LogP contribution in [0.2, 0.25) is 0 Å². The molecule has 6 heteroatoms. The highest BCUT2D eigenvalue weighted by atomic mass is 32.1. The van der Waals surface area contributed by atoms with Crippen LogP contribution in [0.1, 0.15) is 27.4 Å². The average molecular weight is 313 g/mol. The van der Waals surface area contributed by atoms with Gasteiger partial charge in [0, 0.05) is 4.88 Å². The Labute approximate surface area is 129 Å². The van der Waals surface area contributed by atoms with Crippen molar-refractivity contribution in [2.24, 2.45) is 5.92 Å². The molecule has 2 heterocycles. The van der Waals surface area contributed by atoms with Gasteiger partial charge in [-0.2, -0.15) is 0 Å². The zero-order valence-electron chi connectivity index (χ0n) is 12.9. The van der Waals surface area contributed by atoms with Gasteiger partial charge in [0.2, 0.25) is 0 Å². The Kier molecular flexibility index (Phi) is 7.39. The first-order valence-electron chi connectivity index (χ1n) is 6.89. The number of hydrogen-bond acceptors (Lipinski definition) is 6. The summed E-state index contributed by atoms with van der Waals surface area (Å²) in [5.74, 6) is 0.951. The van der Waals surface area contributed by atoms with Gasteiger partial charge in [-0.15, -0.1) is 11.3 Å². The molecular formula is C15H23NO4S. The molecule has 1 fully saturated rings. The quantitative estimate of drug-likeness (QED) is 0.799. The van der Waals surface area contributed by atoms with Crippen molar-refractivity contribution in [3.63, 3.8) is 0 Å². The largest absolute Gasteiger partial charge is 0.491 e. The minimum absolute atomic E-state index is 0.309. The number of carbonyl (C=O) groups excluding carboxylic acids is 2. The molecule has 0 unspecified atom stereocenters. The molecular weight excluding hydrogens is 290 g/mol. The molecule has 2 rings (SSSR count). The molecule has 0 bridgehead atoms. The third-order valence-corrected chi connectivity index (χ3v) is 4.52. The molecule has 1 aromatic rings. The fraction of sp³-hybridized carbons (Fsp3) is 0.600. The SMILES string of the molecule is C=O.COC(=O)c1sc(C)cc1OCC1CCN(C)CC1. The minimum Gasteiger partial charge on any atom is -0.491 e. The van der Waals surface area contributed by atoms with Crippen molar-refractivity contribution in [3.05, 3.63) is 15.8 Å². The zero-order valence-corrected chi connectivity index (χ0v) is 13.7. The molecule has 5 nitrogen and oxygen atoms in total. The van der Waals surface area contributed by atoms with E-state index in [-0.39, 0.29) is 5.97 Å². The Morgan fingerprint density at radius 3 is 2.62 bits per heavy atom. The summed E-state index contributed by atoms with van der Waals surface area (Å²) in [6, 6.07) is 1.92. The predicted octanol–water partition coefficient (Wildman–Crippen LogP) is 2.38. The van der Waals surface area contributed by atoms with Crippen molar-refractivity contribution >= 4 is 24.1 Å². The number of likely N-dealkylation sites (tertiary alicyclic amines) is 1. The van der Waals surface area contributed by atoms with E-state index in [0.29, 0.717) is 23.2 Å². The maximum absolute atomic E-state index is 11.6. The van der Waals surface area contributed by atoms with E-state index in [0.717, 1.165) is 30.8 Å². The van der Waals surface area contributed by atoms with E-state index in [1.54, 1.807) is 0 Å². The molecule has 0 N–H and O–H groups in total. The Morgan fingerprint density at radius 1 is 1.43 bits per heavy atom. The molecule has 1 aliphatic rings. The van der Waals surface area contributed by atoms with Crippen LogP contribution in [-0.4, -0.2) is 51.5 Å². The fourth-order valence-electron chi connectivity index (χ4n) is 2.27. The van der Waals surface area contributed by atoms with E-state index in [9.17, 15) is 4.79 Å². The summed E-state index contributed by atoms with van der Waals surface area (Å²) in [7, 11) is 3.55. The lowest BCUT2D eigenvalue weighted by molar-refractivity contribution is -0.0980. The molecule has 1 aliphatic heterocycles. The minimum atomic E-state index is -0.309. The molecule has 0 radical (unpaired) electrons. The number of methoxy groups -OCH3 is 1. The highest BCUT2D eigenvalue weighted by Gasteiger charge is 2.20. The van der Waals surface area contributed by atoms with Crippen molar-refractivity contribution < 1.29 is 19.1 Å². The van der Waals surface area contributed by atoms with Gasteiger partial charge < -0.3 is 19.2 Å². The fourth-order valence-corrected chi connectivity index (χ4v) is 3.14. The van der Waals surface area contributed by atoms with Crippen LogP contribution in [0.25, 0.3) is 0 Å². The highest BCUT2D eigenvalue weighted by molar-refractivity contribution is 7.14. The first-order valence-corrected chi connectivity index (χ1v) is 7.70. The molecule has 0 spiro atoms. The van der Waals surface area contributed by atoms with E-state index in [1.165, 1.54) is 18.4 Å². The predicted molar refractivity (Wildman–Crippen MR) is 83.2 cm³/mol. The summed E-state index contributed by atoms with van der Waals surface area (Å²) in [5.41, 5.74) is 0. The maximum atomic E-state index is 11.6. The maximum Gasteiger partial charge on any atom is 0.351 e. The number of piperidine rings is 1. The Bertz CT molecular complexity index is 453. The Hall–Kier alpha value is -1.40. The first-order chi connectivity index (χ1) is 10.1. The monoisotopic (exact) mass is 313 g/mol. The summed E-state index contributed by atoms with van der Waals surface area (Å²) in [6.45, 7) is 6.91. The van der Waals surface area contributed by atoms with E-state index in [2.05, 4.69) is 11.9 Å². The van der Waals surface area contributed by atoms with Gasteiger partial charge in [-0.05, 0) is 51.9 Å². The second-order valence-corrected chi connectivity index (χ2v) is 6.36. The van der Waals surface area contributed by atoms with Crippen molar-refractivity contribution in [2.45, 2.75) is 19.8 Å². The lowest BCUT2D eigenvalue weighted by Gasteiger charge is -2.28. The highest BCUT2D eigenvalue weighted by Crippen LogP contribution is 2.30. The second-order valence-electron chi connectivity index (χ2n) is 5.10. The number of thiophene rings is 1. The van der Waals surface area contributed by atoms with Gasteiger partial charge in [0.1, 0.15) is 12.5 Å². The number of hydrogen-bond donors (Lipinski definition) is 0. The van der Waals surface area contributed by atoms with Gasteiger partial charge in [-0.1, -0.05) is 0 Å². The van der Waals surface area contributed by atoms with E-state index in [1.807, 2.05) is 19.8 Å². The third-order valence-electron chi connectivity index (χ3n) is 3.50. The smallest absolute Gasteiger partial charge is 0.351 e. The van der Waals surface area contributed by atoms with Crippen LogP contribution in [0.4, 0.5) is 0 Å². The Morgan fingerprint density at radius 2 is 2.05 bits per heavy atom. The Balaban J connectivity index is 0.00000106. The van der Waals surface area contributed by atoms with Gasteiger partial charge in [-0.25, -0.2) is 4.79 Å². The number of carbonyl (C=O) groups is 2. The summed E-state index contributed by atoms with van der Waals surface area (Å²) in [4.78, 5) is 23.6. The van der Waals surface area contributed by atoms with Crippen LogP contribution in [0, 0.1) is 12.8 Å². The van der Waals surface area contributed by atoms with Crippen LogP contribution in [-0.2, 0) is 9.53 Å². The van der Waals surface area contributed by atoms with Gasteiger partial charge in [0.05, 0.1) is 13.7 Å². The van der Waals surface area contributed by atoms with Crippen molar-refractivity contribution in [1.82, 2.24) is 4.90 Å². The van der Waals surface area contributed by atoms with Crippen molar-refractivity contribution in [1.29, 1.82) is 0 Å². The summed E-state index contributed by atoms with van der Waals surface area (Å²) < 4.78 is 10.6. The van der Waals surface area contributed by atoms with Gasteiger partial charge in [0.15, 0.2) is 4.88 Å². The van der Waals surface area contributed by atoms with Crippen LogP contribution in [0.3, 0.4) is 0 Å². The number of rotatable bonds is 4. The lowest BCUT2D eigenvalue weighted by atomic mass is 9.98. The lowest BCUT2D eigenvalue weighted by Crippen LogP contribution is -2.32. The van der Waals surface area contributed by atoms with Gasteiger partial charge >= 0.3 is 5.97 Å². The molecule has 0 saturated carbocycles. The molecule has 0 atom stereocenters. The summed E-state index contributed by atoms with van der Waals surface area (Å²) in [6.07, 6.45) is 2.32. The first kappa shape index (κ1) is 17.7. The number of nitrogens with zero attached hydrogens (tertiary/aromatic N) is 1. The molecule has 0 aliphatic carbocycles. The topological polar surface area (TPSA) is 55.8 Å². The molecule has 1 saturated heterocycles. The molecule has 21 heavy (non-hydrogen) atoms. The number of ether oxygens (including phenoxy) is 2. The second kappa shape index (κ2) is 8.79. The summed E-state index contributed by atoms with van der Waals surface area (Å²) in [5, 5.41) is 0. The van der Waals surface area contributed by atoms with E-state index in [4.69, 9.17) is 14.3 Å². The van der Waals surface area contributed by atoms with Crippen LogP contribution < -0.4 is 4.74 Å². The van der Waals surface area contributed by atoms with E-state index < -0.39 is 0 Å². The number of aryl methyl sites for hydroxylation is 1. The number of esters is 1. The van der Waals surface area contributed by atoms with Crippen LogP contribution in [0.5, 0.6) is 5.75 Å². The van der Waals surface area contributed by atoms with Crippen molar-refractivity contribution in [2.75, 3.05) is 33.9 Å². The molecule has 0 aromatic carbocycles. The summed E-state index contributed by atoms with van der Waals surface area (Å²) >= 11 is 1.43. The van der Waals surface area contributed by atoms with Crippen LogP contribution >= 0.6 is 11.3 Å².